The minimum absolute atomic E-state index is 0.655. The van der Waals surface area contributed by atoms with Crippen molar-refractivity contribution in [3.63, 3.8) is 0 Å². The third-order valence-corrected chi connectivity index (χ3v) is 4.16. The van der Waals surface area contributed by atoms with Crippen molar-refractivity contribution in [2.45, 2.75) is 0 Å². The summed E-state index contributed by atoms with van der Waals surface area (Å²) >= 11 is 0. The molecule has 4 rings (SSSR count). The lowest BCUT2D eigenvalue weighted by Crippen LogP contribution is -2.30. The summed E-state index contributed by atoms with van der Waals surface area (Å²) in [5.74, 6) is 3.01. The smallest absolute Gasteiger partial charge is 0.225 e. The van der Waals surface area contributed by atoms with Gasteiger partial charge < -0.3 is 9.80 Å². The first-order valence-electron chi connectivity index (χ1n) is 6.94. The number of hydrogen-bond acceptors (Lipinski definition) is 6. The molecule has 6 nitrogen and oxygen atoms in total. The molecular formula is C14H16N6. The first-order valence-corrected chi connectivity index (χ1v) is 6.94. The molecule has 2 saturated heterocycles. The Morgan fingerprint density at radius 2 is 1.00 bits per heavy atom. The fourth-order valence-corrected chi connectivity index (χ4v) is 3.23. The van der Waals surface area contributed by atoms with E-state index in [4.69, 9.17) is 0 Å². The number of nitrogens with zero attached hydrogens (tertiary/aromatic N) is 6. The van der Waals surface area contributed by atoms with E-state index in [0.29, 0.717) is 11.8 Å². The standard InChI is InChI=1S/C14H16N6/c1-3-15-13(16-4-1)19-7-11-9-20(10-12(11)8-19)14-17-5-2-6-18-14/h1-6,11-12H,7-10H2. The van der Waals surface area contributed by atoms with Crippen LogP contribution >= 0.6 is 0 Å². The van der Waals surface area contributed by atoms with Gasteiger partial charge in [0.15, 0.2) is 0 Å². The Morgan fingerprint density at radius 3 is 1.35 bits per heavy atom. The van der Waals surface area contributed by atoms with Crippen molar-refractivity contribution in [3.05, 3.63) is 36.9 Å². The second-order valence-corrected chi connectivity index (χ2v) is 5.43. The zero-order valence-electron chi connectivity index (χ0n) is 11.1. The van der Waals surface area contributed by atoms with Crippen LogP contribution in [0.1, 0.15) is 0 Å². The zero-order chi connectivity index (χ0) is 13.4. The highest BCUT2D eigenvalue weighted by molar-refractivity contribution is 5.37. The molecule has 0 atom stereocenters. The van der Waals surface area contributed by atoms with Crippen molar-refractivity contribution in [1.82, 2.24) is 19.9 Å². The molecular weight excluding hydrogens is 252 g/mol. The van der Waals surface area contributed by atoms with Crippen molar-refractivity contribution in [2.24, 2.45) is 11.8 Å². The van der Waals surface area contributed by atoms with Gasteiger partial charge in [-0.05, 0) is 12.1 Å². The van der Waals surface area contributed by atoms with E-state index < -0.39 is 0 Å². The van der Waals surface area contributed by atoms with Gasteiger partial charge in [-0.25, -0.2) is 19.9 Å². The van der Waals surface area contributed by atoms with E-state index in [-0.39, 0.29) is 0 Å². The van der Waals surface area contributed by atoms with Crippen LogP contribution in [0.2, 0.25) is 0 Å². The summed E-state index contributed by atoms with van der Waals surface area (Å²) in [6, 6.07) is 3.71. The maximum absolute atomic E-state index is 4.34. The van der Waals surface area contributed by atoms with Crippen LogP contribution in [-0.2, 0) is 0 Å². The number of rotatable bonds is 2. The molecule has 0 saturated carbocycles. The topological polar surface area (TPSA) is 58.0 Å². The monoisotopic (exact) mass is 268 g/mol. The lowest BCUT2D eigenvalue weighted by atomic mass is 10.0. The maximum atomic E-state index is 4.34. The summed E-state index contributed by atoms with van der Waals surface area (Å²) in [6.45, 7) is 4.10. The van der Waals surface area contributed by atoms with Crippen molar-refractivity contribution >= 4 is 11.9 Å². The van der Waals surface area contributed by atoms with Crippen molar-refractivity contribution in [1.29, 1.82) is 0 Å². The van der Waals surface area contributed by atoms with Crippen LogP contribution in [-0.4, -0.2) is 46.1 Å². The average molecular weight is 268 g/mol. The van der Waals surface area contributed by atoms with Gasteiger partial charge in [-0.1, -0.05) is 0 Å². The first kappa shape index (κ1) is 11.6. The zero-order valence-corrected chi connectivity index (χ0v) is 11.1. The van der Waals surface area contributed by atoms with Crippen LogP contribution in [0.15, 0.2) is 36.9 Å². The van der Waals surface area contributed by atoms with E-state index >= 15 is 0 Å². The number of fused-ring (bicyclic) bond motifs is 1. The molecule has 2 fully saturated rings. The highest BCUT2D eigenvalue weighted by Crippen LogP contribution is 2.33. The largest absolute Gasteiger partial charge is 0.340 e. The van der Waals surface area contributed by atoms with E-state index in [2.05, 4.69) is 29.7 Å². The van der Waals surface area contributed by atoms with Gasteiger partial charge in [0.25, 0.3) is 0 Å². The molecule has 0 spiro atoms. The van der Waals surface area contributed by atoms with Crippen LogP contribution in [0.3, 0.4) is 0 Å². The van der Waals surface area contributed by atoms with E-state index in [0.717, 1.165) is 38.1 Å². The van der Waals surface area contributed by atoms with Gasteiger partial charge in [-0.15, -0.1) is 0 Å². The Labute approximate surface area is 117 Å². The van der Waals surface area contributed by atoms with Gasteiger partial charge in [0.2, 0.25) is 11.9 Å². The van der Waals surface area contributed by atoms with Crippen LogP contribution in [0.5, 0.6) is 0 Å². The van der Waals surface area contributed by atoms with Crippen LogP contribution in [0.4, 0.5) is 11.9 Å². The Kier molecular flexibility index (Phi) is 2.72. The second kappa shape index (κ2) is 4.70. The van der Waals surface area contributed by atoms with E-state index in [1.807, 2.05) is 12.1 Å². The summed E-state index contributed by atoms with van der Waals surface area (Å²) in [5, 5.41) is 0. The van der Waals surface area contributed by atoms with E-state index in [1.165, 1.54) is 0 Å². The van der Waals surface area contributed by atoms with Gasteiger partial charge in [0.05, 0.1) is 0 Å². The first-order chi connectivity index (χ1) is 9.90. The van der Waals surface area contributed by atoms with Gasteiger partial charge in [-0.2, -0.15) is 0 Å². The highest BCUT2D eigenvalue weighted by atomic mass is 15.3. The number of anilines is 2. The Morgan fingerprint density at radius 1 is 0.650 bits per heavy atom. The van der Waals surface area contributed by atoms with Gasteiger partial charge in [-0.3, -0.25) is 0 Å². The van der Waals surface area contributed by atoms with E-state index in [9.17, 15) is 0 Å². The molecule has 102 valence electrons. The number of hydrogen-bond donors (Lipinski definition) is 0. The maximum Gasteiger partial charge on any atom is 0.225 e. The molecule has 2 aromatic heterocycles. The lowest BCUT2D eigenvalue weighted by molar-refractivity contribution is 0.533. The molecule has 0 bridgehead atoms. The molecule has 0 aromatic carbocycles. The summed E-state index contributed by atoms with van der Waals surface area (Å²) in [4.78, 5) is 21.9. The summed E-state index contributed by atoms with van der Waals surface area (Å²) in [6.07, 6.45) is 7.22. The minimum Gasteiger partial charge on any atom is -0.340 e. The van der Waals surface area contributed by atoms with Gasteiger partial charge >= 0.3 is 0 Å². The predicted molar refractivity (Wildman–Crippen MR) is 75.5 cm³/mol. The van der Waals surface area contributed by atoms with Crippen molar-refractivity contribution in [2.75, 3.05) is 36.0 Å². The van der Waals surface area contributed by atoms with Crippen LogP contribution in [0, 0.1) is 11.8 Å². The average Bonchev–Trinajstić information content (AvgIpc) is 3.08. The Balaban J connectivity index is 1.46. The molecule has 2 aromatic rings. The summed E-state index contributed by atoms with van der Waals surface area (Å²) in [5.41, 5.74) is 0. The molecule has 0 N–H and O–H groups in total. The summed E-state index contributed by atoms with van der Waals surface area (Å²) < 4.78 is 0. The fourth-order valence-electron chi connectivity index (χ4n) is 3.23. The third kappa shape index (κ3) is 1.97. The van der Waals surface area contributed by atoms with Crippen molar-refractivity contribution < 1.29 is 0 Å². The SMILES string of the molecule is c1cnc(N2CC3CN(c4ncccn4)CC3C2)nc1. The third-order valence-electron chi connectivity index (χ3n) is 4.16. The molecule has 4 heterocycles. The van der Waals surface area contributed by atoms with Crippen LogP contribution < -0.4 is 9.80 Å². The van der Waals surface area contributed by atoms with Gasteiger partial charge in [0.1, 0.15) is 0 Å². The summed E-state index contributed by atoms with van der Waals surface area (Å²) in [7, 11) is 0. The molecule has 0 unspecified atom stereocenters. The van der Waals surface area contributed by atoms with Crippen LogP contribution in [0.25, 0.3) is 0 Å². The molecule has 20 heavy (non-hydrogen) atoms. The number of aromatic nitrogens is 4. The molecule has 0 radical (unpaired) electrons. The molecule has 0 aliphatic carbocycles. The molecule has 2 aliphatic rings. The predicted octanol–water partition coefficient (Wildman–Crippen LogP) is 0.839. The quantitative estimate of drug-likeness (QED) is 0.804. The normalized spacial score (nSPS) is 25.0. The molecule has 2 aliphatic heterocycles. The Hall–Kier alpha value is -2.24. The Bertz CT molecular complexity index is 509. The highest BCUT2D eigenvalue weighted by Gasteiger charge is 2.41. The fraction of sp³-hybridized carbons (Fsp3) is 0.429. The second-order valence-electron chi connectivity index (χ2n) is 5.43. The van der Waals surface area contributed by atoms with Crippen molar-refractivity contribution in [3.8, 4) is 0 Å². The van der Waals surface area contributed by atoms with Gasteiger partial charge in [0, 0.05) is 62.8 Å². The molecule has 6 heteroatoms. The van der Waals surface area contributed by atoms with E-state index in [1.54, 1.807) is 24.8 Å². The lowest BCUT2D eigenvalue weighted by Gasteiger charge is -2.21. The molecule has 0 amide bonds. The minimum atomic E-state index is 0.655.